The summed E-state index contributed by atoms with van der Waals surface area (Å²) in [6.07, 6.45) is 3.63. The topological polar surface area (TPSA) is 93.5 Å². The van der Waals surface area contributed by atoms with Crippen molar-refractivity contribution in [2.45, 2.75) is 52.6 Å². The summed E-state index contributed by atoms with van der Waals surface area (Å²) in [5, 5.41) is 18.6. The van der Waals surface area contributed by atoms with Crippen LogP contribution in [0.5, 0.6) is 5.75 Å². The Morgan fingerprint density at radius 2 is 2.10 bits per heavy atom. The molecule has 2 atom stereocenters. The first-order valence-electron chi connectivity index (χ1n) is 10.3. The first kappa shape index (κ1) is 20.7. The van der Waals surface area contributed by atoms with E-state index in [0.29, 0.717) is 11.5 Å². The van der Waals surface area contributed by atoms with Crippen LogP contribution in [0, 0.1) is 21.4 Å². The second kappa shape index (κ2) is 7.58. The van der Waals surface area contributed by atoms with Gasteiger partial charge in [0.25, 0.3) is 5.91 Å². The quantitative estimate of drug-likeness (QED) is 0.512. The van der Waals surface area contributed by atoms with E-state index in [1.807, 2.05) is 0 Å². The van der Waals surface area contributed by atoms with Crippen LogP contribution in [-0.2, 0) is 12.8 Å². The maximum Gasteiger partial charge on any atom is 0.311 e. The number of anilines is 1. The molecule has 2 N–H and O–H groups in total. The van der Waals surface area contributed by atoms with Crippen molar-refractivity contribution in [3.8, 4) is 5.75 Å². The van der Waals surface area contributed by atoms with Crippen molar-refractivity contribution in [2.24, 2.45) is 11.3 Å². The Labute approximate surface area is 180 Å². The van der Waals surface area contributed by atoms with E-state index in [0.717, 1.165) is 36.2 Å². The van der Waals surface area contributed by atoms with E-state index in [-0.39, 0.29) is 22.8 Å². The van der Waals surface area contributed by atoms with E-state index in [1.165, 1.54) is 23.6 Å². The lowest BCUT2D eigenvalue weighted by atomic mass is 9.69. The Morgan fingerprint density at radius 1 is 1.33 bits per heavy atom. The minimum absolute atomic E-state index is 0.113. The maximum atomic E-state index is 13.0. The molecule has 0 unspecified atom stereocenters. The number of hydrogen-bond acceptors (Lipinski definition) is 6. The van der Waals surface area contributed by atoms with Crippen molar-refractivity contribution in [3.05, 3.63) is 49.9 Å². The molecular weight excluding hydrogens is 402 g/mol. The largest absolute Gasteiger partial charge is 0.490 e. The molecule has 2 aromatic rings. The molecule has 0 spiro atoms. The van der Waals surface area contributed by atoms with Gasteiger partial charge in [-0.2, -0.15) is 0 Å². The van der Waals surface area contributed by atoms with Crippen LogP contribution < -0.4 is 15.4 Å². The number of methoxy groups -OCH3 is 1. The molecule has 0 saturated carbocycles. The van der Waals surface area contributed by atoms with Crippen LogP contribution in [0.3, 0.4) is 0 Å². The van der Waals surface area contributed by atoms with Crippen molar-refractivity contribution in [3.63, 3.8) is 0 Å². The standard InChI is InChI=1S/C22H27N3O4S/c1-5-22(2,3)13-7-8-14-17(11-13)30-21-18(14)20(26)23-19(24-21)12-6-9-16(29-4)15(10-12)25(27)28/h6,9-10,13,19,24H,5,7-8,11H2,1-4H3,(H,23,26)/t13-,19-/m0/s1. The Balaban J connectivity index is 1.64. The lowest BCUT2D eigenvalue weighted by Gasteiger charge is -2.36. The summed E-state index contributed by atoms with van der Waals surface area (Å²) in [5.74, 6) is 0.693. The smallest absolute Gasteiger partial charge is 0.311 e. The van der Waals surface area contributed by atoms with Gasteiger partial charge in [-0.3, -0.25) is 14.9 Å². The molecule has 2 aliphatic rings. The SMILES string of the molecule is CCC(C)(C)[C@H]1CCc2c(sc3c2C(=O)N[C@H](c2ccc(OC)c([N+](=O)[O-])c2)N3)C1. The summed E-state index contributed by atoms with van der Waals surface area (Å²) >= 11 is 1.66. The molecule has 1 aliphatic heterocycles. The normalized spacial score (nSPS) is 20.6. The number of benzene rings is 1. The average Bonchev–Trinajstić information content (AvgIpc) is 3.11. The number of amides is 1. The molecule has 0 fully saturated rings. The lowest BCUT2D eigenvalue weighted by Crippen LogP contribution is -2.38. The third-order valence-corrected chi connectivity index (χ3v) is 7.98. The molecule has 1 aliphatic carbocycles. The van der Waals surface area contributed by atoms with Crippen LogP contribution in [-0.4, -0.2) is 17.9 Å². The van der Waals surface area contributed by atoms with E-state index in [4.69, 9.17) is 4.74 Å². The fourth-order valence-electron chi connectivity index (χ4n) is 4.45. The predicted molar refractivity (Wildman–Crippen MR) is 117 cm³/mol. The van der Waals surface area contributed by atoms with Gasteiger partial charge in [-0.1, -0.05) is 33.3 Å². The maximum absolute atomic E-state index is 13.0. The molecule has 160 valence electrons. The second-order valence-corrected chi connectivity index (χ2v) is 9.83. The highest BCUT2D eigenvalue weighted by atomic mass is 32.1. The van der Waals surface area contributed by atoms with Crippen LogP contribution in [0.4, 0.5) is 10.7 Å². The molecule has 0 bridgehead atoms. The van der Waals surface area contributed by atoms with Crippen LogP contribution >= 0.6 is 11.3 Å². The number of fused-ring (bicyclic) bond motifs is 3. The van der Waals surface area contributed by atoms with Crippen molar-refractivity contribution in [2.75, 3.05) is 12.4 Å². The van der Waals surface area contributed by atoms with Crippen molar-refractivity contribution >= 4 is 27.9 Å². The highest BCUT2D eigenvalue weighted by Crippen LogP contribution is 2.47. The van der Waals surface area contributed by atoms with Gasteiger partial charge in [-0.25, -0.2) is 0 Å². The van der Waals surface area contributed by atoms with E-state index < -0.39 is 11.1 Å². The number of nitro groups is 1. The third kappa shape index (κ3) is 3.43. The molecule has 1 aromatic heterocycles. The fourth-order valence-corrected chi connectivity index (χ4v) is 5.80. The zero-order valence-corrected chi connectivity index (χ0v) is 18.5. The predicted octanol–water partition coefficient (Wildman–Crippen LogP) is 5.06. The van der Waals surface area contributed by atoms with Gasteiger partial charge in [0.15, 0.2) is 5.75 Å². The molecule has 0 saturated heterocycles. The Hall–Kier alpha value is -2.61. The molecule has 30 heavy (non-hydrogen) atoms. The molecule has 8 heteroatoms. The molecule has 1 amide bonds. The van der Waals surface area contributed by atoms with Crippen LogP contribution in [0.2, 0.25) is 0 Å². The highest BCUT2D eigenvalue weighted by molar-refractivity contribution is 7.16. The Bertz CT molecular complexity index is 1010. The summed E-state index contributed by atoms with van der Waals surface area (Å²) in [7, 11) is 1.40. The van der Waals surface area contributed by atoms with E-state index in [2.05, 4.69) is 31.4 Å². The van der Waals surface area contributed by atoms with Gasteiger partial charge < -0.3 is 15.4 Å². The van der Waals surface area contributed by atoms with Gasteiger partial charge in [0.05, 0.1) is 17.6 Å². The third-order valence-electron chi connectivity index (χ3n) is 6.79. The summed E-state index contributed by atoms with van der Waals surface area (Å²) in [4.78, 5) is 25.2. The lowest BCUT2D eigenvalue weighted by molar-refractivity contribution is -0.385. The number of carbonyl (C=O) groups is 1. The molecule has 0 radical (unpaired) electrons. The zero-order valence-electron chi connectivity index (χ0n) is 17.7. The van der Waals surface area contributed by atoms with Gasteiger partial charge in [-0.15, -0.1) is 11.3 Å². The molecule has 2 heterocycles. The number of nitro benzene ring substituents is 1. The van der Waals surface area contributed by atoms with Crippen LogP contribution in [0.15, 0.2) is 18.2 Å². The number of nitrogens with one attached hydrogen (secondary N) is 2. The summed E-state index contributed by atoms with van der Waals surface area (Å²) in [6, 6.07) is 4.75. The highest BCUT2D eigenvalue weighted by Gasteiger charge is 2.37. The number of hydrogen-bond donors (Lipinski definition) is 2. The van der Waals surface area contributed by atoms with E-state index in [9.17, 15) is 14.9 Å². The molecular formula is C22H27N3O4S. The summed E-state index contributed by atoms with van der Waals surface area (Å²) < 4.78 is 5.08. The molecule has 4 rings (SSSR count). The number of nitrogens with zero attached hydrogens (tertiary/aromatic N) is 1. The zero-order chi connectivity index (χ0) is 21.6. The number of rotatable bonds is 5. The number of carbonyl (C=O) groups excluding carboxylic acids is 1. The van der Waals surface area contributed by atoms with Gasteiger partial charge in [-0.05, 0) is 42.2 Å². The van der Waals surface area contributed by atoms with Gasteiger partial charge >= 0.3 is 5.69 Å². The number of ether oxygens (including phenoxy) is 1. The van der Waals surface area contributed by atoms with Crippen LogP contribution in [0.1, 0.15) is 66.1 Å². The number of thiophene rings is 1. The summed E-state index contributed by atoms with van der Waals surface area (Å²) in [6.45, 7) is 6.89. The summed E-state index contributed by atoms with van der Waals surface area (Å²) in [5.41, 5.74) is 2.71. The molecule has 7 nitrogen and oxygen atoms in total. The average molecular weight is 430 g/mol. The Kier molecular flexibility index (Phi) is 5.22. The van der Waals surface area contributed by atoms with E-state index in [1.54, 1.807) is 23.5 Å². The minimum Gasteiger partial charge on any atom is -0.490 e. The first-order chi connectivity index (χ1) is 14.2. The Morgan fingerprint density at radius 3 is 2.77 bits per heavy atom. The second-order valence-electron chi connectivity index (χ2n) is 8.73. The molecule has 1 aromatic carbocycles. The van der Waals surface area contributed by atoms with Gasteiger partial charge in [0.1, 0.15) is 11.2 Å². The first-order valence-corrected chi connectivity index (χ1v) is 11.1. The minimum atomic E-state index is -0.516. The van der Waals surface area contributed by atoms with Gasteiger partial charge in [0, 0.05) is 16.5 Å². The van der Waals surface area contributed by atoms with Gasteiger partial charge in [0.2, 0.25) is 0 Å². The van der Waals surface area contributed by atoms with Crippen molar-refractivity contribution in [1.29, 1.82) is 0 Å². The van der Waals surface area contributed by atoms with Crippen molar-refractivity contribution < 1.29 is 14.5 Å². The monoisotopic (exact) mass is 429 g/mol. The van der Waals surface area contributed by atoms with E-state index >= 15 is 0 Å². The van der Waals surface area contributed by atoms with Crippen molar-refractivity contribution in [1.82, 2.24) is 5.32 Å². The van der Waals surface area contributed by atoms with Crippen LogP contribution in [0.25, 0.3) is 0 Å². The fraction of sp³-hybridized carbons (Fsp3) is 0.500.